The van der Waals surface area contributed by atoms with Crippen LogP contribution < -0.4 is 5.73 Å². The summed E-state index contributed by atoms with van der Waals surface area (Å²) >= 11 is 32.1. The van der Waals surface area contributed by atoms with E-state index >= 15 is 0 Å². The molecule has 9 rings (SSSR count). The highest BCUT2D eigenvalue weighted by molar-refractivity contribution is 8.00. The molecule has 5 aromatic carbocycles. The number of hydrogen-bond donors (Lipinski definition) is 3. The van der Waals surface area contributed by atoms with Crippen molar-refractivity contribution < 1.29 is 50.0 Å². The number of ketones is 2. The Balaban J connectivity index is 0.000000159. The zero-order valence-corrected chi connectivity index (χ0v) is 44.4. The highest BCUT2D eigenvalue weighted by Crippen LogP contribution is 2.39. The van der Waals surface area contributed by atoms with Crippen molar-refractivity contribution in [3.8, 4) is 0 Å². The van der Waals surface area contributed by atoms with Gasteiger partial charge in [-0.25, -0.2) is 25.3 Å². The molecule has 68 heavy (non-hydrogen) atoms. The van der Waals surface area contributed by atoms with Crippen LogP contribution in [-0.2, 0) is 34.3 Å². The molecule has 0 spiro atoms. The van der Waals surface area contributed by atoms with Crippen molar-refractivity contribution in [2.24, 2.45) is 10.9 Å². The van der Waals surface area contributed by atoms with Crippen molar-refractivity contribution in [2.75, 3.05) is 28.8 Å². The van der Waals surface area contributed by atoms with Crippen LogP contribution >= 0.6 is 81.5 Å². The van der Waals surface area contributed by atoms with Crippen molar-refractivity contribution >= 4 is 134 Å². The van der Waals surface area contributed by atoms with Gasteiger partial charge >= 0.3 is 5.97 Å². The first-order valence-electron chi connectivity index (χ1n) is 19.7. The van der Waals surface area contributed by atoms with E-state index in [9.17, 15) is 39.6 Å². The average molecular weight is 1120 g/mol. The SMILES string of the molecule is Cc1c(Cl)ccc2c1S(=O)(=O)C/C2=N\O.Cc1c(Cl)ccc2c1S(=O)(=O)CC2=O.Cc1c(Cl)ccc2c1S(=O)(=O)CC2N.Cc1c(Cl)ccc2c1SCC2=O.Cc1c(Cl)cccc1SCC(=O)O. The number of aliphatic carboxylic acids is 1. The van der Waals surface area contributed by atoms with Gasteiger partial charge in [0.15, 0.2) is 41.1 Å². The van der Waals surface area contributed by atoms with E-state index in [4.69, 9.17) is 74.1 Å². The lowest BCUT2D eigenvalue weighted by molar-refractivity contribution is -0.133. The minimum absolute atomic E-state index is 0.0104. The molecule has 0 saturated carbocycles. The molecule has 362 valence electrons. The van der Waals surface area contributed by atoms with Gasteiger partial charge < -0.3 is 16.0 Å². The van der Waals surface area contributed by atoms with Gasteiger partial charge in [-0.05, 0) is 117 Å². The molecule has 0 bridgehead atoms. The Hall–Kier alpha value is -3.66. The third kappa shape index (κ3) is 12.1. The van der Waals surface area contributed by atoms with Crippen LogP contribution in [0.25, 0.3) is 0 Å². The molecule has 0 fully saturated rings. The largest absolute Gasteiger partial charge is 0.481 e. The van der Waals surface area contributed by atoms with E-state index in [1.807, 2.05) is 32.0 Å². The van der Waals surface area contributed by atoms with E-state index in [2.05, 4.69) is 5.16 Å². The van der Waals surface area contributed by atoms with Crippen LogP contribution in [0.4, 0.5) is 0 Å². The molecule has 0 saturated heterocycles. The Kier molecular flexibility index (Phi) is 18.0. The molecule has 0 aliphatic carbocycles. The topological polar surface area (TPSA) is 232 Å². The summed E-state index contributed by atoms with van der Waals surface area (Å²) in [4.78, 5) is 35.5. The summed E-state index contributed by atoms with van der Waals surface area (Å²) in [6.45, 7) is 8.78. The molecule has 0 aromatic heterocycles. The number of carbonyl (C=O) groups is 3. The summed E-state index contributed by atoms with van der Waals surface area (Å²) < 4.78 is 70.0. The number of thioether (sulfide) groups is 2. The van der Waals surface area contributed by atoms with Gasteiger partial charge in [0.25, 0.3) is 0 Å². The predicted molar refractivity (Wildman–Crippen MR) is 270 cm³/mol. The molecule has 4 aliphatic heterocycles. The molecule has 1 unspecified atom stereocenters. The van der Waals surface area contributed by atoms with Gasteiger partial charge in [-0.1, -0.05) is 81.4 Å². The Morgan fingerprint density at radius 1 is 0.647 bits per heavy atom. The van der Waals surface area contributed by atoms with Crippen LogP contribution in [-0.4, -0.2) is 87.6 Å². The minimum atomic E-state index is -3.44. The smallest absolute Gasteiger partial charge is 0.313 e. The molecule has 13 nitrogen and oxygen atoms in total. The number of fused-ring (bicyclic) bond motifs is 4. The highest BCUT2D eigenvalue weighted by Gasteiger charge is 2.37. The van der Waals surface area contributed by atoms with Crippen molar-refractivity contribution in [3.05, 3.63) is 142 Å². The number of hydrogen-bond acceptors (Lipinski definition) is 14. The van der Waals surface area contributed by atoms with Gasteiger partial charge in [-0.3, -0.25) is 14.4 Å². The molecule has 4 N–H and O–H groups in total. The number of nitrogens with two attached hydrogens (primary N) is 1. The Bertz CT molecular complexity index is 3280. The van der Waals surface area contributed by atoms with Crippen LogP contribution in [0.2, 0.25) is 25.1 Å². The third-order valence-corrected chi connectivity index (χ3v) is 20.7. The molecule has 1 atom stereocenters. The normalized spacial score (nSPS) is 17.7. The monoisotopic (exact) mass is 1120 g/mol. The Morgan fingerprint density at radius 2 is 1.13 bits per heavy atom. The lowest BCUT2D eigenvalue weighted by Gasteiger charge is -2.05. The molecule has 4 heterocycles. The maximum atomic E-state index is 11.7. The number of Topliss-reactive ketones (excluding diaryl/α,β-unsaturated/α-hetero) is 2. The van der Waals surface area contributed by atoms with Gasteiger partial charge in [-0.2, -0.15) is 0 Å². The summed E-state index contributed by atoms with van der Waals surface area (Å²) in [6, 6.07) is 18.2. The van der Waals surface area contributed by atoms with E-state index in [0.29, 0.717) is 58.6 Å². The van der Waals surface area contributed by atoms with Crippen LogP contribution in [0.3, 0.4) is 0 Å². The number of sulfone groups is 3. The van der Waals surface area contributed by atoms with E-state index in [0.717, 1.165) is 31.5 Å². The number of nitrogens with zero attached hydrogens (tertiary/aromatic N) is 1. The maximum absolute atomic E-state index is 11.7. The third-order valence-electron chi connectivity index (χ3n) is 10.7. The second-order valence-corrected chi connectivity index (χ2v) is 25.2. The molecular weight excluding hydrogens is 1080 g/mol. The van der Waals surface area contributed by atoms with Crippen molar-refractivity contribution in [2.45, 2.75) is 65.1 Å². The summed E-state index contributed by atoms with van der Waals surface area (Å²) in [5, 5.41) is 22.8. The molecule has 23 heteroatoms. The van der Waals surface area contributed by atoms with Crippen molar-refractivity contribution in [1.29, 1.82) is 0 Å². The maximum Gasteiger partial charge on any atom is 0.313 e. The van der Waals surface area contributed by atoms with Crippen LogP contribution in [0.1, 0.15) is 65.7 Å². The molecule has 0 radical (unpaired) electrons. The lowest BCUT2D eigenvalue weighted by atomic mass is 10.1. The van der Waals surface area contributed by atoms with Gasteiger partial charge in [0.2, 0.25) is 0 Å². The van der Waals surface area contributed by atoms with E-state index in [-0.39, 0.29) is 49.9 Å². The van der Waals surface area contributed by atoms with E-state index in [1.165, 1.54) is 17.8 Å². The van der Waals surface area contributed by atoms with Gasteiger partial charge in [-0.15, -0.1) is 23.5 Å². The fourth-order valence-electron chi connectivity index (χ4n) is 7.29. The van der Waals surface area contributed by atoms with E-state index in [1.54, 1.807) is 75.0 Å². The average Bonchev–Trinajstić information content (AvgIpc) is 3.93. The van der Waals surface area contributed by atoms with Crippen molar-refractivity contribution in [1.82, 2.24) is 0 Å². The summed E-state index contributed by atoms with van der Waals surface area (Å²) in [5.41, 5.74) is 11.7. The fraction of sp³-hybridized carbons (Fsp3) is 0.244. The first-order valence-corrected chi connectivity index (χ1v) is 28.6. The number of carbonyl (C=O) groups excluding carboxylic acids is 2. The molecular formula is C45H41Cl5N2O11S5. The van der Waals surface area contributed by atoms with Gasteiger partial charge in [0, 0.05) is 57.6 Å². The summed E-state index contributed by atoms with van der Waals surface area (Å²) in [7, 11) is -10.1. The number of oxime groups is 1. The zero-order valence-electron chi connectivity index (χ0n) is 36.5. The number of carboxylic acid groups (broad SMARTS) is 1. The minimum Gasteiger partial charge on any atom is -0.481 e. The standard InChI is InChI=1S/C9H8ClNO3S.C9H10ClNO2S.C9H7ClO3S.C9H9ClO2S.C9H7ClOS/c1-5-7(10)3-2-6-8(11-12)4-15(13,14)9(5)6;2*1-5-7(10)3-2-6-8(11)4-14(12,13)9(5)6;1-6-7(10)3-2-4-8(6)13-5-9(11)12;1-5-7(10)3-2-6-8(11)4-12-9(5)6/h2-3,12H,4H2,1H3;2-3,8H,4,11H2,1H3;2-3H,4H2,1H3;2-4H,5H2,1H3,(H,11,12);2-3H,4H2,1H3/b11-8+;;;;. The van der Waals surface area contributed by atoms with Crippen molar-refractivity contribution in [3.63, 3.8) is 0 Å². The number of halogens is 5. The van der Waals surface area contributed by atoms with Gasteiger partial charge in [0.05, 0.1) is 31.9 Å². The number of benzene rings is 5. The second kappa shape index (κ2) is 22.2. The molecule has 0 amide bonds. The predicted octanol–water partition coefficient (Wildman–Crippen LogP) is 10.4. The zero-order chi connectivity index (χ0) is 50.8. The lowest BCUT2D eigenvalue weighted by Crippen LogP contribution is -2.11. The Labute approximate surface area is 427 Å². The summed E-state index contributed by atoms with van der Waals surface area (Å²) in [6.07, 6.45) is 0. The number of carboxylic acids is 1. The second-order valence-electron chi connectivity index (χ2n) is 15.4. The fourth-order valence-corrected chi connectivity index (χ4v) is 15.8. The quantitative estimate of drug-likeness (QED) is 0.0867. The van der Waals surface area contributed by atoms with Crippen LogP contribution in [0, 0.1) is 34.6 Å². The molecule has 5 aromatic rings. The number of rotatable bonds is 3. The highest BCUT2D eigenvalue weighted by atomic mass is 35.5. The van der Waals surface area contributed by atoms with Crippen LogP contribution in [0.5, 0.6) is 0 Å². The first-order chi connectivity index (χ1) is 31.6. The molecule has 4 aliphatic rings. The summed E-state index contributed by atoms with van der Waals surface area (Å²) in [5.74, 6) is -1.01. The first kappa shape index (κ1) is 55.3. The van der Waals surface area contributed by atoms with Gasteiger partial charge in [0.1, 0.15) is 17.2 Å². The Morgan fingerprint density at radius 3 is 1.71 bits per heavy atom. The van der Waals surface area contributed by atoms with Crippen LogP contribution in [0.15, 0.2) is 96.4 Å². The van der Waals surface area contributed by atoms with E-state index < -0.39 is 47.3 Å².